The molecule has 1 aliphatic carbocycles. The fourth-order valence-electron chi connectivity index (χ4n) is 5.43. The second-order valence-electron chi connectivity index (χ2n) is 11.8. The smallest absolute Gasteiger partial charge is 0.408 e. The van der Waals surface area contributed by atoms with E-state index in [-0.39, 0.29) is 19.2 Å². The number of benzene rings is 1. The molecule has 2 fully saturated rings. The molecule has 4 rings (SSSR count). The average molecular weight is 605 g/mol. The summed E-state index contributed by atoms with van der Waals surface area (Å²) in [5, 5.41) is 23.7. The van der Waals surface area contributed by atoms with E-state index in [2.05, 4.69) is 10.3 Å². The number of esters is 1. The lowest BCUT2D eigenvalue weighted by molar-refractivity contribution is -0.211. The summed E-state index contributed by atoms with van der Waals surface area (Å²) in [4.78, 5) is 53.0. The van der Waals surface area contributed by atoms with Crippen molar-refractivity contribution < 1.29 is 38.7 Å². The van der Waals surface area contributed by atoms with E-state index >= 15 is 0 Å². The number of carbonyl (C=O) groups excluding carboxylic acids is 2. The van der Waals surface area contributed by atoms with Gasteiger partial charge in [0.1, 0.15) is 30.5 Å². The van der Waals surface area contributed by atoms with Crippen LogP contribution in [-0.4, -0.2) is 80.7 Å². The minimum atomic E-state index is -1.49. The molecule has 14 heteroatoms. The molecule has 43 heavy (non-hydrogen) atoms. The molecule has 8 atom stereocenters. The second kappa shape index (κ2) is 13.8. The van der Waals surface area contributed by atoms with Crippen molar-refractivity contribution >= 4 is 12.1 Å². The maximum Gasteiger partial charge on any atom is 0.408 e. The van der Waals surface area contributed by atoms with Crippen LogP contribution in [0.3, 0.4) is 0 Å². The van der Waals surface area contributed by atoms with Crippen LogP contribution in [0.15, 0.2) is 52.2 Å². The average Bonchev–Trinajstić information content (AvgIpc) is 3.53. The summed E-state index contributed by atoms with van der Waals surface area (Å²) in [6, 6.07) is 8.43. The summed E-state index contributed by atoms with van der Waals surface area (Å²) in [5.74, 6) is -1.29. The number of aliphatic hydroxyl groups is 2. The molecule has 236 valence electrons. The molecule has 1 saturated heterocycles. The van der Waals surface area contributed by atoms with Crippen LogP contribution < -0.4 is 22.3 Å². The summed E-state index contributed by atoms with van der Waals surface area (Å²) >= 11 is 0. The topological polar surface area (TPSA) is 204 Å². The Bertz CT molecular complexity index is 1360. The van der Waals surface area contributed by atoms with Crippen molar-refractivity contribution in [3.05, 3.63) is 69.0 Å². The number of hydrogen-bond acceptors (Lipinski definition) is 11. The summed E-state index contributed by atoms with van der Waals surface area (Å²) in [5.41, 5.74) is 4.37. The van der Waals surface area contributed by atoms with Crippen molar-refractivity contribution in [1.82, 2.24) is 14.9 Å². The third-order valence-corrected chi connectivity index (χ3v) is 7.47. The van der Waals surface area contributed by atoms with Crippen molar-refractivity contribution in [1.29, 1.82) is 0 Å². The number of hydrogen-bond donors (Lipinski definition) is 5. The van der Waals surface area contributed by atoms with Gasteiger partial charge in [0.2, 0.25) is 0 Å². The lowest BCUT2D eigenvalue weighted by Gasteiger charge is -2.34. The highest BCUT2D eigenvalue weighted by atomic mass is 16.7. The van der Waals surface area contributed by atoms with E-state index in [0.29, 0.717) is 19.3 Å². The number of nitrogens with one attached hydrogen (secondary N) is 2. The minimum absolute atomic E-state index is 0.0608. The Kier molecular flexibility index (Phi) is 10.4. The molecule has 1 amide bonds. The Morgan fingerprint density at radius 3 is 2.49 bits per heavy atom. The van der Waals surface area contributed by atoms with Gasteiger partial charge in [0.15, 0.2) is 12.3 Å². The van der Waals surface area contributed by atoms with Crippen LogP contribution in [0.5, 0.6) is 0 Å². The number of nitrogens with zero attached hydrogens (tertiary/aromatic N) is 1. The van der Waals surface area contributed by atoms with Gasteiger partial charge in [0.25, 0.3) is 5.56 Å². The molecule has 0 bridgehead atoms. The van der Waals surface area contributed by atoms with Gasteiger partial charge in [0.05, 0.1) is 6.10 Å². The highest BCUT2D eigenvalue weighted by Crippen LogP contribution is 2.39. The van der Waals surface area contributed by atoms with Gasteiger partial charge >= 0.3 is 17.8 Å². The van der Waals surface area contributed by atoms with Crippen molar-refractivity contribution in [3.8, 4) is 0 Å². The predicted molar refractivity (Wildman–Crippen MR) is 152 cm³/mol. The van der Waals surface area contributed by atoms with Crippen molar-refractivity contribution in [2.24, 2.45) is 11.7 Å². The number of ether oxygens (including phenoxy) is 4. The van der Waals surface area contributed by atoms with Crippen LogP contribution in [-0.2, 0) is 30.3 Å². The minimum Gasteiger partial charge on any atom is -0.458 e. The van der Waals surface area contributed by atoms with E-state index in [9.17, 15) is 29.4 Å². The van der Waals surface area contributed by atoms with Crippen LogP contribution in [0.1, 0.15) is 51.6 Å². The normalized spacial score (nSPS) is 26.9. The number of H-pyrrole nitrogens is 1. The molecule has 1 aliphatic heterocycles. The Labute approximate surface area is 248 Å². The molecule has 2 aromatic rings. The third kappa shape index (κ3) is 8.30. The Morgan fingerprint density at radius 2 is 1.86 bits per heavy atom. The van der Waals surface area contributed by atoms with Crippen molar-refractivity contribution in [2.45, 2.75) is 95.0 Å². The molecule has 0 spiro atoms. The number of aliphatic hydroxyl groups excluding tert-OH is 2. The van der Waals surface area contributed by atoms with Crippen LogP contribution in [0, 0.1) is 5.92 Å². The van der Waals surface area contributed by atoms with Gasteiger partial charge in [-0.25, -0.2) is 14.4 Å². The molecule has 1 aromatic carbocycles. The fraction of sp³-hybridized carbons (Fsp3) is 0.586. The van der Waals surface area contributed by atoms with Crippen LogP contribution in [0.4, 0.5) is 4.79 Å². The second-order valence-corrected chi connectivity index (χ2v) is 11.8. The standard InChI is InChI=1S/C29H40N4O10/c1-29(2,3)43-25(37)21(32-28(39)40-15-16-7-5-4-6-8-16)24(42-26-23(36)22(35)19(14-30)41-26)17-9-10-18(13-17)33-12-11-20(34)31-27(33)38/h4-8,11-12,17-19,21-24,26,35-36H,9-10,13-15,30H2,1-3H3,(H,32,39)(H,31,34,38)/t17-,18+,19-,21+,22-,23-,24-,26+/m1/s1. The lowest BCUT2D eigenvalue weighted by atomic mass is 9.93. The molecular formula is C29H40N4O10. The number of amides is 1. The van der Waals surface area contributed by atoms with Gasteiger partial charge in [-0.15, -0.1) is 0 Å². The fourth-order valence-corrected chi connectivity index (χ4v) is 5.43. The van der Waals surface area contributed by atoms with E-state index in [1.807, 2.05) is 6.07 Å². The number of carbonyl (C=O) groups is 2. The number of nitrogens with two attached hydrogens (primary N) is 1. The maximum absolute atomic E-state index is 13.6. The van der Waals surface area contributed by atoms with Gasteiger partial charge in [-0.3, -0.25) is 14.3 Å². The van der Waals surface area contributed by atoms with Gasteiger partial charge in [-0.1, -0.05) is 30.3 Å². The summed E-state index contributed by atoms with van der Waals surface area (Å²) < 4.78 is 24.3. The van der Waals surface area contributed by atoms with E-state index < -0.39 is 71.6 Å². The first kappa shape index (κ1) is 32.4. The Morgan fingerprint density at radius 1 is 1.14 bits per heavy atom. The van der Waals surface area contributed by atoms with Crippen molar-refractivity contribution in [2.75, 3.05) is 6.54 Å². The Balaban J connectivity index is 1.63. The SMILES string of the molecule is CC(C)(C)OC(=O)[C@@H](NC(=O)OCc1ccccc1)[C@H](O[C@@H]1O[C@H](CN)[C@@H](O)[C@H]1O)[C@@H]1CC[C@H](n2ccc(=O)[nH]c2=O)C1. The largest absolute Gasteiger partial charge is 0.458 e. The highest BCUT2D eigenvalue weighted by molar-refractivity contribution is 5.82. The zero-order valence-corrected chi connectivity index (χ0v) is 24.4. The predicted octanol–water partition coefficient (Wildman–Crippen LogP) is 0.305. The first-order valence-electron chi connectivity index (χ1n) is 14.2. The number of aromatic amines is 1. The van der Waals surface area contributed by atoms with E-state index in [1.54, 1.807) is 45.0 Å². The molecule has 0 radical (unpaired) electrons. The summed E-state index contributed by atoms with van der Waals surface area (Å²) in [6.07, 6.45) is -4.54. The van der Waals surface area contributed by atoms with Gasteiger partial charge in [-0.05, 0) is 51.5 Å². The van der Waals surface area contributed by atoms with E-state index in [1.165, 1.54) is 16.8 Å². The van der Waals surface area contributed by atoms with Gasteiger partial charge < -0.3 is 40.2 Å². The van der Waals surface area contributed by atoms with E-state index in [0.717, 1.165) is 5.56 Å². The molecule has 14 nitrogen and oxygen atoms in total. The van der Waals surface area contributed by atoms with Crippen LogP contribution in [0.2, 0.25) is 0 Å². The molecule has 0 unspecified atom stereocenters. The third-order valence-electron chi connectivity index (χ3n) is 7.47. The summed E-state index contributed by atoms with van der Waals surface area (Å²) in [7, 11) is 0. The molecule has 1 saturated carbocycles. The number of alkyl carbamates (subject to hydrolysis) is 1. The molecule has 1 aromatic heterocycles. The molecule has 2 heterocycles. The summed E-state index contributed by atoms with van der Waals surface area (Å²) in [6.45, 7) is 4.86. The van der Waals surface area contributed by atoms with Gasteiger partial charge in [0, 0.05) is 24.8 Å². The molecular weight excluding hydrogens is 564 g/mol. The zero-order chi connectivity index (χ0) is 31.3. The van der Waals surface area contributed by atoms with Crippen molar-refractivity contribution in [3.63, 3.8) is 0 Å². The lowest BCUT2D eigenvalue weighted by Crippen LogP contribution is -2.55. The quantitative estimate of drug-likeness (QED) is 0.233. The number of aromatic nitrogens is 2. The first-order chi connectivity index (χ1) is 20.4. The van der Waals surface area contributed by atoms with Crippen LogP contribution in [0.25, 0.3) is 0 Å². The van der Waals surface area contributed by atoms with E-state index in [4.69, 9.17) is 24.7 Å². The maximum atomic E-state index is 13.6. The first-order valence-corrected chi connectivity index (χ1v) is 14.2. The zero-order valence-electron chi connectivity index (χ0n) is 24.4. The molecule has 6 N–H and O–H groups in total. The Hall–Kier alpha value is -3.56. The molecule has 2 aliphatic rings. The monoisotopic (exact) mass is 604 g/mol. The number of rotatable bonds is 10. The van der Waals surface area contributed by atoms with Crippen LogP contribution >= 0.6 is 0 Å². The highest BCUT2D eigenvalue weighted by Gasteiger charge is 2.49. The van der Waals surface area contributed by atoms with Gasteiger partial charge in [-0.2, -0.15) is 0 Å².